The molecule has 1 saturated carbocycles. The smallest absolute Gasteiger partial charge is 0.0412 e. The number of aryl methyl sites for hydroxylation is 1. The zero-order chi connectivity index (χ0) is 11.6. The van der Waals surface area contributed by atoms with E-state index in [9.17, 15) is 0 Å². The highest BCUT2D eigenvalue weighted by atomic mass is 14.7. The molecule has 0 amide bonds. The lowest BCUT2D eigenvalue weighted by atomic mass is 9.72. The van der Waals surface area contributed by atoms with Crippen molar-refractivity contribution in [2.45, 2.75) is 51.5 Å². The summed E-state index contributed by atoms with van der Waals surface area (Å²) >= 11 is 0. The summed E-state index contributed by atoms with van der Waals surface area (Å²) in [5.41, 5.74) is 9.13. The first kappa shape index (κ1) is 11.7. The molecular weight excluding hydrogens is 194 g/mol. The molecule has 0 radical (unpaired) electrons. The summed E-state index contributed by atoms with van der Waals surface area (Å²) in [6.45, 7) is 4.38. The zero-order valence-corrected chi connectivity index (χ0v) is 10.5. The van der Waals surface area contributed by atoms with Gasteiger partial charge in [-0.05, 0) is 43.7 Å². The van der Waals surface area contributed by atoms with Crippen molar-refractivity contribution in [3.05, 3.63) is 35.4 Å². The highest BCUT2D eigenvalue weighted by molar-refractivity contribution is 5.32. The number of hydrogen-bond acceptors (Lipinski definition) is 1. The third-order valence-corrected chi connectivity index (χ3v) is 4.18. The normalized spacial score (nSPS) is 21.7. The molecule has 0 saturated heterocycles. The molecule has 0 spiro atoms. The van der Waals surface area contributed by atoms with E-state index in [1.54, 1.807) is 0 Å². The van der Waals surface area contributed by atoms with Gasteiger partial charge in [0.1, 0.15) is 0 Å². The Balaban J connectivity index is 2.26. The Morgan fingerprint density at radius 3 is 2.38 bits per heavy atom. The van der Waals surface area contributed by atoms with Crippen molar-refractivity contribution in [1.82, 2.24) is 0 Å². The molecule has 1 unspecified atom stereocenters. The summed E-state index contributed by atoms with van der Waals surface area (Å²) in [6, 6.07) is 8.57. The second-order valence-electron chi connectivity index (χ2n) is 5.43. The van der Waals surface area contributed by atoms with Crippen molar-refractivity contribution < 1.29 is 0 Å². The Kier molecular flexibility index (Phi) is 3.34. The van der Waals surface area contributed by atoms with Crippen molar-refractivity contribution in [3.63, 3.8) is 0 Å². The molecule has 2 N–H and O–H groups in total. The quantitative estimate of drug-likeness (QED) is 0.802. The molecule has 0 bridgehead atoms. The predicted molar refractivity (Wildman–Crippen MR) is 69.3 cm³/mol. The minimum absolute atomic E-state index is 0.147. The average Bonchev–Trinajstić information content (AvgIpc) is 2.30. The molecule has 16 heavy (non-hydrogen) atoms. The standard InChI is InChI=1S/C15H23N/c1-12-8-6-7-11-14(12)15(2,16)13-9-4-3-5-10-13/h6-8,11,13H,3-5,9-10,16H2,1-2H3. The van der Waals surface area contributed by atoms with Crippen LogP contribution < -0.4 is 5.73 Å². The first-order valence-corrected chi connectivity index (χ1v) is 6.47. The van der Waals surface area contributed by atoms with Crippen molar-refractivity contribution in [3.8, 4) is 0 Å². The van der Waals surface area contributed by atoms with E-state index in [2.05, 4.69) is 38.1 Å². The van der Waals surface area contributed by atoms with Gasteiger partial charge in [0.05, 0.1) is 0 Å². The van der Waals surface area contributed by atoms with Crippen LogP contribution in [0.25, 0.3) is 0 Å². The van der Waals surface area contributed by atoms with Crippen molar-refractivity contribution >= 4 is 0 Å². The van der Waals surface area contributed by atoms with E-state index in [4.69, 9.17) is 5.73 Å². The maximum atomic E-state index is 6.61. The minimum atomic E-state index is -0.147. The summed E-state index contributed by atoms with van der Waals surface area (Å²) in [4.78, 5) is 0. The van der Waals surface area contributed by atoms with Crippen molar-refractivity contribution in [1.29, 1.82) is 0 Å². The first-order valence-electron chi connectivity index (χ1n) is 6.47. The van der Waals surface area contributed by atoms with Gasteiger partial charge in [-0.25, -0.2) is 0 Å². The van der Waals surface area contributed by atoms with Crippen LogP contribution in [0.3, 0.4) is 0 Å². The Morgan fingerprint density at radius 1 is 1.12 bits per heavy atom. The van der Waals surface area contributed by atoms with Gasteiger partial charge in [0.25, 0.3) is 0 Å². The monoisotopic (exact) mass is 217 g/mol. The molecule has 88 valence electrons. The van der Waals surface area contributed by atoms with Gasteiger partial charge in [-0.3, -0.25) is 0 Å². The molecule has 1 aromatic rings. The van der Waals surface area contributed by atoms with Gasteiger partial charge in [0, 0.05) is 5.54 Å². The van der Waals surface area contributed by atoms with Crippen LogP contribution in [0.2, 0.25) is 0 Å². The molecule has 1 heteroatoms. The van der Waals surface area contributed by atoms with Crippen LogP contribution in [0.15, 0.2) is 24.3 Å². The van der Waals surface area contributed by atoms with Crippen LogP contribution in [0.4, 0.5) is 0 Å². The van der Waals surface area contributed by atoms with Crippen LogP contribution in [0.1, 0.15) is 50.2 Å². The molecule has 1 aliphatic rings. The van der Waals surface area contributed by atoms with Gasteiger partial charge in [0.2, 0.25) is 0 Å². The van der Waals surface area contributed by atoms with Crippen molar-refractivity contribution in [2.24, 2.45) is 11.7 Å². The number of rotatable bonds is 2. The Hall–Kier alpha value is -0.820. The number of hydrogen-bond donors (Lipinski definition) is 1. The lowest BCUT2D eigenvalue weighted by molar-refractivity contribution is 0.223. The van der Waals surface area contributed by atoms with Crippen LogP contribution in [-0.4, -0.2) is 0 Å². The van der Waals surface area contributed by atoms with Crippen LogP contribution in [0, 0.1) is 12.8 Å². The van der Waals surface area contributed by atoms with E-state index in [1.165, 1.54) is 43.2 Å². The van der Waals surface area contributed by atoms with E-state index in [-0.39, 0.29) is 5.54 Å². The summed E-state index contributed by atoms with van der Waals surface area (Å²) in [6.07, 6.45) is 6.68. The van der Waals surface area contributed by atoms with E-state index >= 15 is 0 Å². The van der Waals surface area contributed by atoms with E-state index in [1.807, 2.05) is 0 Å². The van der Waals surface area contributed by atoms with Gasteiger partial charge in [-0.15, -0.1) is 0 Å². The average molecular weight is 217 g/mol. The topological polar surface area (TPSA) is 26.0 Å². The fourth-order valence-corrected chi connectivity index (χ4v) is 3.10. The molecule has 1 aromatic carbocycles. The summed E-state index contributed by atoms with van der Waals surface area (Å²) in [5.74, 6) is 0.655. The highest BCUT2D eigenvalue weighted by Crippen LogP contribution is 2.38. The maximum absolute atomic E-state index is 6.61. The summed E-state index contributed by atoms with van der Waals surface area (Å²) < 4.78 is 0. The molecular formula is C15H23N. The summed E-state index contributed by atoms with van der Waals surface area (Å²) in [5, 5.41) is 0. The molecule has 0 aromatic heterocycles. The molecule has 0 heterocycles. The fourth-order valence-electron chi connectivity index (χ4n) is 3.10. The molecule has 0 aliphatic heterocycles. The van der Waals surface area contributed by atoms with Gasteiger partial charge >= 0.3 is 0 Å². The highest BCUT2D eigenvalue weighted by Gasteiger charge is 2.33. The molecule has 1 fully saturated rings. The Morgan fingerprint density at radius 2 is 1.75 bits per heavy atom. The lowest BCUT2D eigenvalue weighted by Gasteiger charge is -2.38. The Labute approximate surface area is 99.0 Å². The van der Waals surface area contributed by atoms with E-state index in [0.29, 0.717) is 5.92 Å². The number of nitrogens with two attached hydrogens (primary N) is 1. The van der Waals surface area contributed by atoms with Gasteiger partial charge in [-0.1, -0.05) is 43.5 Å². The molecule has 2 rings (SSSR count). The second-order valence-corrected chi connectivity index (χ2v) is 5.43. The number of benzene rings is 1. The fraction of sp³-hybridized carbons (Fsp3) is 0.600. The SMILES string of the molecule is Cc1ccccc1C(C)(N)C1CCCCC1. The molecule has 1 nitrogen and oxygen atoms in total. The third-order valence-electron chi connectivity index (χ3n) is 4.18. The lowest BCUT2D eigenvalue weighted by Crippen LogP contribution is -2.42. The minimum Gasteiger partial charge on any atom is -0.321 e. The first-order chi connectivity index (χ1) is 7.62. The second kappa shape index (κ2) is 4.58. The van der Waals surface area contributed by atoms with Gasteiger partial charge < -0.3 is 5.73 Å². The van der Waals surface area contributed by atoms with Crippen LogP contribution in [0.5, 0.6) is 0 Å². The zero-order valence-electron chi connectivity index (χ0n) is 10.5. The van der Waals surface area contributed by atoms with Gasteiger partial charge in [0.15, 0.2) is 0 Å². The van der Waals surface area contributed by atoms with Gasteiger partial charge in [-0.2, -0.15) is 0 Å². The largest absolute Gasteiger partial charge is 0.321 e. The predicted octanol–water partition coefficient (Wildman–Crippen LogP) is 3.75. The Bertz CT molecular complexity index is 348. The summed E-state index contributed by atoms with van der Waals surface area (Å²) in [7, 11) is 0. The van der Waals surface area contributed by atoms with E-state index < -0.39 is 0 Å². The molecule has 1 aliphatic carbocycles. The third kappa shape index (κ3) is 2.15. The van der Waals surface area contributed by atoms with Crippen LogP contribution >= 0.6 is 0 Å². The molecule has 1 atom stereocenters. The van der Waals surface area contributed by atoms with Crippen molar-refractivity contribution in [2.75, 3.05) is 0 Å². The maximum Gasteiger partial charge on any atom is 0.0412 e. The van der Waals surface area contributed by atoms with Crippen LogP contribution in [-0.2, 0) is 5.54 Å². The van der Waals surface area contributed by atoms with E-state index in [0.717, 1.165) is 0 Å².